The predicted molar refractivity (Wildman–Crippen MR) is 107 cm³/mol. The molecule has 0 saturated heterocycles. The zero-order valence-corrected chi connectivity index (χ0v) is 15.5. The summed E-state index contributed by atoms with van der Waals surface area (Å²) in [5, 5.41) is 9.51. The van der Waals surface area contributed by atoms with E-state index in [9.17, 15) is 4.79 Å². The van der Waals surface area contributed by atoms with Gasteiger partial charge in [-0.25, -0.2) is 0 Å². The molecular formula is C22H25N3O. The number of hydrogen-bond donors (Lipinski definition) is 1. The Balaban J connectivity index is 1.94. The molecule has 4 rings (SSSR count). The third-order valence-electron chi connectivity index (χ3n) is 5.13. The van der Waals surface area contributed by atoms with Gasteiger partial charge in [0.1, 0.15) is 5.69 Å². The molecule has 26 heavy (non-hydrogen) atoms. The molecule has 2 aromatic carbocycles. The normalized spacial score (nSPS) is 12.5. The molecule has 0 saturated carbocycles. The highest BCUT2D eigenvalue weighted by Crippen LogP contribution is 2.41. The summed E-state index contributed by atoms with van der Waals surface area (Å²) in [6.07, 6.45) is 4.47. The van der Waals surface area contributed by atoms with E-state index >= 15 is 0 Å². The maximum atomic E-state index is 13.0. The van der Waals surface area contributed by atoms with Crippen LogP contribution >= 0.6 is 0 Å². The number of nitrogens with zero attached hydrogens (tertiary/aromatic N) is 2. The summed E-state index contributed by atoms with van der Waals surface area (Å²) in [6.45, 7) is 6.19. The molecule has 0 amide bonds. The maximum absolute atomic E-state index is 13.0. The maximum Gasteiger partial charge on any atom is 0.194 e. The van der Waals surface area contributed by atoms with Crippen LogP contribution in [0.4, 0.5) is 5.69 Å². The topological polar surface area (TPSA) is 46.9 Å². The molecule has 0 fully saturated rings. The highest BCUT2D eigenvalue weighted by Gasteiger charge is 2.29. The number of carbonyl (C=O) groups excluding carboxylic acids is 1. The van der Waals surface area contributed by atoms with Crippen molar-refractivity contribution in [2.24, 2.45) is 0 Å². The molecule has 0 unspecified atom stereocenters. The second-order valence-electron chi connectivity index (χ2n) is 6.96. The van der Waals surface area contributed by atoms with Crippen LogP contribution in [0.3, 0.4) is 0 Å². The Kier molecular flexibility index (Phi) is 4.49. The first-order valence-corrected chi connectivity index (χ1v) is 9.67. The second kappa shape index (κ2) is 6.94. The van der Waals surface area contributed by atoms with Crippen molar-refractivity contribution < 1.29 is 4.79 Å². The number of anilines is 1. The molecule has 1 aliphatic rings. The molecule has 4 nitrogen and oxygen atoms in total. The van der Waals surface area contributed by atoms with Gasteiger partial charge >= 0.3 is 0 Å². The molecule has 0 bridgehead atoms. The summed E-state index contributed by atoms with van der Waals surface area (Å²) in [6, 6.07) is 11.8. The monoisotopic (exact) mass is 347 g/mol. The second-order valence-corrected chi connectivity index (χ2v) is 6.96. The van der Waals surface area contributed by atoms with E-state index in [2.05, 4.69) is 23.8 Å². The van der Waals surface area contributed by atoms with Crippen LogP contribution < -0.4 is 5.32 Å². The quantitative estimate of drug-likeness (QED) is 0.464. The van der Waals surface area contributed by atoms with E-state index in [1.807, 2.05) is 36.4 Å². The van der Waals surface area contributed by atoms with Crippen LogP contribution in [0, 0.1) is 0 Å². The van der Waals surface area contributed by atoms with Gasteiger partial charge in [0.05, 0.1) is 11.2 Å². The Bertz CT molecular complexity index is 971. The van der Waals surface area contributed by atoms with Crippen LogP contribution in [-0.4, -0.2) is 22.1 Å². The number of ketones is 1. The first-order valence-electron chi connectivity index (χ1n) is 9.67. The summed E-state index contributed by atoms with van der Waals surface area (Å²) in [5.74, 6) is 0.105. The number of fused-ring (bicyclic) bond motifs is 2. The lowest BCUT2D eigenvalue weighted by molar-refractivity contribution is 0.104. The van der Waals surface area contributed by atoms with E-state index in [1.165, 1.54) is 0 Å². The largest absolute Gasteiger partial charge is 0.383 e. The van der Waals surface area contributed by atoms with Crippen LogP contribution in [0.5, 0.6) is 0 Å². The minimum atomic E-state index is 0.105. The van der Waals surface area contributed by atoms with E-state index in [-0.39, 0.29) is 5.78 Å². The van der Waals surface area contributed by atoms with Crippen LogP contribution in [0.2, 0.25) is 0 Å². The van der Waals surface area contributed by atoms with Crippen molar-refractivity contribution in [2.75, 3.05) is 11.9 Å². The number of aryl methyl sites for hydroxylation is 1. The number of aromatic nitrogens is 2. The Labute approximate surface area is 154 Å². The molecule has 4 heteroatoms. The summed E-state index contributed by atoms with van der Waals surface area (Å²) >= 11 is 0. The smallest absolute Gasteiger partial charge is 0.194 e. The van der Waals surface area contributed by atoms with Gasteiger partial charge in [-0.2, -0.15) is 5.10 Å². The van der Waals surface area contributed by atoms with Gasteiger partial charge in [-0.15, -0.1) is 0 Å². The highest BCUT2D eigenvalue weighted by atomic mass is 16.1. The van der Waals surface area contributed by atoms with Crippen molar-refractivity contribution in [1.29, 1.82) is 0 Å². The lowest BCUT2D eigenvalue weighted by Crippen LogP contribution is -2.10. The number of rotatable bonds is 7. The zero-order valence-electron chi connectivity index (χ0n) is 15.5. The molecule has 3 aromatic rings. The highest BCUT2D eigenvalue weighted by molar-refractivity contribution is 6.26. The van der Waals surface area contributed by atoms with Crippen LogP contribution in [0.1, 0.15) is 55.5 Å². The fourth-order valence-electron chi connectivity index (χ4n) is 3.74. The van der Waals surface area contributed by atoms with Crippen molar-refractivity contribution in [3.63, 3.8) is 0 Å². The molecule has 1 aromatic heterocycles. The lowest BCUT2D eigenvalue weighted by atomic mass is 9.87. The average molecular weight is 347 g/mol. The fourth-order valence-corrected chi connectivity index (χ4v) is 3.74. The molecule has 1 N–H and O–H groups in total. The summed E-state index contributed by atoms with van der Waals surface area (Å²) in [7, 11) is 0. The number of nitrogens with one attached hydrogen (secondary N) is 1. The minimum Gasteiger partial charge on any atom is -0.383 e. The number of hydrogen-bond acceptors (Lipinski definition) is 3. The average Bonchev–Trinajstić information content (AvgIpc) is 3.06. The van der Waals surface area contributed by atoms with Gasteiger partial charge < -0.3 is 5.32 Å². The zero-order chi connectivity index (χ0) is 18.1. The molecule has 1 heterocycles. The van der Waals surface area contributed by atoms with Gasteiger partial charge in [0.15, 0.2) is 5.78 Å². The summed E-state index contributed by atoms with van der Waals surface area (Å²) in [4.78, 5) is 13.0. The van der Waals surface area contributed by atoms with E-state index in [1.54, 1.807) is 0 Å². The summed E-state index contributed by atoms with van der Waals surface area (Å²) in [5.41, 5.74) is 5.59. The van der Waals surface area contributed by atoms with Crippen molar-refractivity contribution in [2.45, 2.75) is 46.1 Å². The Morgan fingerprint density at radius 1 is 0.962 bits per heavy atom. The van der Waals surface area contributed by atoms with Gasteiger partial charge in [0, 0.05) is 35.2 Å². The molecule has 1 aliphatic carbocycles. The lowest BCUT2D eigenvalue weighted by Gasteiger charge is -2.16. The van der Waals surface area contributed by atoms with Crippen LogP contribution in [0.25, 0.3) is 22.2 Å². The Hall–Kier alpha value is -2.62. The molecular weight excluding hydrogens is 322 g/mol. The van der Waals surface area contributed by atoms with Gasteiger partial charge in [0.2, 0.25) is 0 Å². The van der Waals surface area contributed by atoms with Gasteiger partial charge in [-0.3, -0.25) is 9.48 Å². The minimum absolute atomic E-state index is 0.105. The van der Waals surface area contributed by atoms with E-state index in [4.69, 9.17) is 5.10 Å². The van der Waals surface area contributed by atoms with E-state index in [0.29, 0.717) is 0 Å². The molecule has 0 aliphatic heterocycles. The number of benzene rings is 2. The van der Waals surface area contributed by atoms with E-state index < -0.39 is 0 Å². The predicted octanol–water partition coefficient (Wildman–Crippen LogP) is 5.26. The third kappa shape index (κ3) is 2.61. The number of unbranched alkanes of at least 4 members (excludes halogenated alkanes) is 2. The standard InChI is InChI=1S/C22H25N3O/c1-3-5-13-23-18-12-11-17-19-20(24-25(21(18)19)14-6-4-2)15-9-7-8-10-16(15)22(17)26/h7-12,23H,3-6,13-14H2,1-2H3. The Morgan fingerprint density at radius 2 is 1.73 bits per heavy atom. The summed E-state index contributed by atoms with van der Waals surface area (Å²) < 4.78 is 2.10. The van der Waals surface area contributed by atoms with Crippen LogP contribution in [0.15, 0.2) is 36.4 Å². The van der Waals surface area contributed by atoms with Gasteiger partial charge in [-0.05, 0) is 25.0 Å². The van der Waals surface area contributed by atoms with Crippen molar-refractivity contribution in [3.8, 4) is 11.3 Å². The van der Waals surface area contributed by atoms with Crippen molar-refractivity contribution in [1.82, 2.24) is 9.78 Å². The first kappa shape index (κ1) is 16.8. The number of carbonyl (C=O) groups is 1. The first-order chi connectivity index (χ1) is 12.8. The molecule has 0 spiro atoms. The third-order valence-corrected chi connectivity index (χ3v) is 5.13. The van der Waals surface area contributed by atoms with Gasteiger partial charge in [-0.1, -0.05) is 51.0 Å². The fraction of sp³-hybridized carbons (Fsp3) is 0.364. The van der Waals surface area contributed by atoms with Crippen molar-refractivity contribution >= 4 is 22.4 Å². The van der Waals surface area contributed by atoms with Crippen LogP contribution in [-0.2, 0) is 6.54 Å². The van der Waals surface area contributed by atoms with E-state index in [0.717, 1.165) is 77.7 Å². The molecule has 0 radical (unpaired) electrons. The van der Waals surface area contributed by atoms with Crippen molar-refractivity contribution in [3.05, 3.63) is 47.5 Å². The molecule has 134 valence electrons. The Morgan fingerprint density at radius 3 is 2.50 bits per heavy atom. The SMILES string of the molecule is CCCCNc1ccc2c3c(nn(CCCC)c13)-c1ccccc1C2=O. The van der Waals surface area contributed by atoms with Gasteiger partial charge in [0.25, 0.3) is 0 Å². The molecule has 0 atom stereocenters.